The van der Waals surface area contributed by atoms with Crippen molar-refractivity contribution in [1.82, 2.24) is 0 Å². The number of phenolic OH excluding ortho intramolecular Hbond substituents is 1. The van der Waals surface area contributed by atoms with Crippen LogP contribution in [0.1, 0.15) is 15.9 Å². The fourth-order valence-electron chi connectivity index (χ4n) is 3.12. The number of esters is 1. The molecule has 2 N–H and O–H groups in total. The molecule has 0 saturated carbocycles. The Morgan fingerprint density at radius 1 is 0.912 bits per heavy atom. The number of ether oxygens (including phenoxy) is 1. The highest BCUT2D eigenvalue weighted by Gasteiger charge is 2.39. The Morgan fingerprint density at radius 2 is 1.62 bits per heavy atom. The monoisotopic (exact) mass is 516 g/mol. The molecule has 3 aromatic rings. The van der Waals surface area contributed by atoms with E-state index in [9.17, 15) is 19.5 Å². The summed E-state index contributed by atoms with van der Waals surface area (Å²) in [5.41, 5.74) is 1.62. The summed E-state index contributed by atoms with van der Waals surface area (Å²) >= 11 is 18.0. The van der Waals surface area contributed by atoms with Gasteiger partial charge in [0.25, 0.3) is 11.8 Å². The van der Waals surface area contributed by atoms with Gasteiger partial charge < -0.3 is 15.2 Å². The largest absolute Gasteiger partial charge is 0.506 e. The second kappa shape index (κ2) is 9.38. The number of rotatable bonds is 5. The Hall–Kier alpha value is -3.52. The SMILES string of the molecule is Cc1ccc(N2C(=O)C(Cl)=C(Nc3ccc(C(=O)Oc4ccc(Cl)c(O)c4)cc3)C2=O)cc1Cl. The van der Waals surface area contributed by atoms with Gasteiger partial charge in [0.05, 0.1) is 16.3 Å². The van der Waals surface area contributed by atoms with E-state index in [1.807, 2.05) is 0 Å². The average molecular weight is 518 g/mol. The van der Waals surface area contributed by atoms with Crippen LogP contribution < -0.4 is 15.0 Å². The Bertz CT molecular complexity index is 1370. The molecular weight excluding hydrogens is 503 g/mol. The summed E-state index contributed by atoms with van der Waals surface area (Å²) < 4.78 is 5.21. The smallest absolute Gasteiger partial charge is 0.343 e. The number of anilines is 2. The number of nitrogens with zero attached hydrogens (tertiary/aromatic N) is 1. The molecule has 172 valence electrons. The molecule has 10 heteroatoms. The molecule has 1 aliphatic rings. The molecule has 0 bridgehead atoms. The van der Waals surface area contributed by atoms with Gasteiger partial charge in [-0.3, -0.25) is 9.59 Å². The third kappa shape index (κ3) is 4.59. The second-order valence-electron chi connectivity index (χ2n) is 7.27. The molecule has 4 rings (SSSR count). The summed E-state index contributed by atoms with van der Waals surface area (Å²) in [7, 11) is 0. The Balaban J connectivity index is 1.48. The van der Waals surface area contributed by atoms with Gasteiger partial charge in [-0.2, -0.15) is 0 Å². The maximum atomic E-state index is 12.9. The normalized spacial score (nSPS) is 13.5. The van der Waals surface area contributed by atoms with Crippen LogP contribution in [-0.2, 0) is 9.59 Å². The van der Waals surface area contributed by atoms with Crippen LogP contribution in [0.25, 0.3) is 0 Å². The molecule has 0 atom stereocenters. The molecule has 0 radical (unpaired) electrons. The lowest BCUT2D eigenvalue weighted by Gasteiger charge is -2.16. The van der Waals surface area contributed by atoms with Crippen molar-refractivity contribution in [3.05, 3.63) is 92.6 Å². The Kier molecular flexibility index (Phi) is 6.52. The van der Waals surface area contributed by atoms with Gasteiger partial charge in [0, 0.05) is 16.8 Å². The average Bonchev–Trinajstić information content (AvgIpc) is 3.02. The predicted molar refractivity (Wildman–Crippen MR) is 130 cm³/mol. The summed E-state index contributed by atoms with van der Waals surface area (Å²) in [6.45, 7) is 1.80. The van der Waals surface area contributed by atoms with Crippen LogP contribution in [0.5, 0.6) is 11.5 Å². The van der Waals surface area contributed by atoms with Crippen LogP contribution in [0, 0.1) is 6.92 Å². The molecule has 0 aromatic heterocycles. The van der Waals surface area contributed by atoms with Crippen LogP contribution >= 0.6 is 34.8 Å². The van der Waals surface area contributed by atoms with E-state index in [0.717, 1.165) is 10.5 Å². The maximum absolute atomic E-state index is 12.9. The number of hydrogen-bond donors (Lipinski definition) is 2. The minimum atomic E-state index is -0.680. The van der Waals surface area contributed by atoms with Gasteiger partial charge in [0.2, 0.25) is 0 Å². The molecule has 2 amide bonds. The standard InChI is InChI=1S/C24H15Cl3N2O5/c1-12-2-7-15(10-18(12)26)29-22(31)20(27)21(23(29)32)28-14-5-3-13(4-6-14)24(33)34-16-8-9-17(25)19(30)11-16/h2-11,28,30H,1H3. The molecule has 0 unspecified atom stereocenters. The van der Waals surface area contributed by atoms with E-state index >= 15 is 0 Å². The van der Waals surface area contributed by atoms with Gasteiger partial charge in [-0.15, -0.1) is 0 Å². The topological polar surface area (TPSA) is 95.9 Å². The third-order valence-electron chi connectivity index (χ3n) is 4.96. The number of aromatic hydroxyl groups is 1. The predicted octanol–water partition coefficient (Wildman–Crippen LogP) is 5.66. The fraction of sp³-hybridized carbons (Fsp3) is 0.0417. The van der Waals surface area contributed by atoms with E-state index in [-0.39, 0.29) is 32.8 Å². The molecule has 0 spiro atoms. The van der Waals surface area contributed by atoms with Crippen LogP contribution in [0.15, 0.2) is 71.4 Å². The van der Waals surface area contributed by atoms with Crippen LogP contribution in [0.2, 0.25) is 10.0 Å². The van der Waals surface area contributed by atoms with Crippen molar-refractivity contribution < 1.29 is 24.2 Å². The van der Waals surface area contributed by atoms with E-state index in [1.54, 1.807) is 19.1 Å². The number of carbonyl (C=O) groups is 3. The van der Waals surface area contributed by atoms with Crippen molar-refractivity contribution in [2.75, 3.05) is 10.2 Å². The number of phenols is 1. The summed E-state index contributed by atoms with van der Waals surface area (Å²) in [4.78, 5) is 38.8. The highest BCUT2D eigenvalue weighted by Crippen LogP contribution is 2.32. The number of carbonyl (C=O) groups excluding carboxylic acids is 3. The molecule has 7 nitrogen and oxygen atoms in total. The number of nitrogens with one attached hydrogen (secondary N) is 1. The Morgan fingerprint density at radius 3 is 2.26 bits per heavy atom. The van der Waals surface area contributed by atoms with Crippen LogP contribution in [-0.4, -0.2) is 22.9 Å². The van der Waals surface area contributed by atoms with Gasteiger partial charge in [-0.05, 0) is 61.0 Å². The number of hydrogen-bond acceptors (Lipinski definition) is 6. The van der Waals surface area contributed by atoms with Crippen LogP contribution in [0.3, 0.4) is 0 Å². The van der Waals surface area contributed by atoms with Gasteiger partial charge in [0.15, 0.2) is 0 Å². The molecule has 1 heterocycles. The zero-order valence-electron chi connectivity index (χ0n) is 17.4. The van der Waals surface area contributed by atoms with Crippen molar-refractivity contribution in [3.8, 4) is 11.5 Å². The summed E-state index contributed by atoms with van der Waals surface area (Å²) in [5, 5.41) is 12.7. The van der Waals surface area contributed by atoms with E-state index in [0.29, 0.717) is 16.4 Å². The first kappa shape index (κ1) is 23.6. The molecule has 0 fully saturated rings. The maximum Gasteiger partial charge on any atom is 0.343 e. The lowest BCUT2D eigenvalue weighted by atomic mass is 10.2. The van der Waals surface area contributed by atoms with Gasteiger partial charge >= 0.3 is 5.97 Å². The summed E-state index contributed by atoms with van der Waals surface area (Å²) in [6, 6.07) is 14.9. The highest BCUT2D eigenvalue weighted by molar-refractivity contribution is 6.53. The van der Waals surface area contributed by atoms with Crippen LogP contribution in [0.4, 0.5) is 11.4 Å². The first-order valence-electron chi connectivity index (χ1n) is 9.78. The minimum absolute atomic E-state index is 0.102. The molecule has 34 heavy (non-hydrogen) atoms. The van der Waals surface area contributed by atoms with Gasteiger partial charge in [0.1, 0.15) is 22.2 Å². The highest BCUT2D eigenvalue weighted by atomic mass is 35.5. The Labute approximate surface area is 209 Å². The lowest BCUT2D eigenvalue weighted by molar-refractivity contribution is -0.120. The molecule has 3 aromatic carbocycles. The van der Waals surface area contributed by atoms with E-state index < -0.39 is 17.8 Å². The third-order valence-corrected chi connectivity index (χ3v) is 6.04. The van der Waals surface area contributed by atoms with Crippen molar-refractivity contribution in [1.29, 1.82) is 0 Å². The zero-order chi connectivity index (χ0) is 24.6. The molecule has 0 aliphatic carbocycles. The quantitative estimate of drug-likeness (QED) is 0.257. The number of imide groups is 1. The molecule has 1 aliphatic heterocycles. The van der Waals surface area contributed by atoms with Crippen molar-refractivity contribution >= 4 is 64.0 Å². The van der Waals surface area contributed by atoms with Crippen molar-refractivity contribution in [2.45, 2.75) is 6.92 Å². The molecule has 0 saturated heterocycles. The first-order valence-corrected chi connectivity index (χ1v) is 10.9. The van der Waals surface area contributed by atoms with Gasteiger partial charge in [-0.25, -0.2) is 9.69 Å². The number of amides is 2. The number of halogens is 3. The second-order valence-corrected chi connectivity index (χ2v) is 8.47. The molecular formula is C24H15Cl3N2O5. The number of aryl methyl sites for hydroxylation is 1. The first-order chi connectivity index (χ1) is 16.2. The fourth-order valence-corrected chi connectivity index (χ4v) is 3.63. The van der Waals surface area contributed by atoms with E-state index in [1.165, 1.54) is 48.5 Å². The summed E-state index contributed by atoms with van der Waals surface area (Å²) in [5.74, 6) is -2.08. The van der Waals surface area contributed by atoms with Crippen molar-refractivity contribution in [3.63, 3.8) is 0 Å². The van der Waals surface area contributed by atoms with E-state index in [4.69, 9.17) is 39.5 Å². The van der Waals surface area contributed by atoms with E-state index in [2.05, 4.69) is 5.32 Å². The van der Waals surface area contributed by atoms with Gasteiger partial charge in [-0.1, -0.05) is 40.9 Å². The lowest BCUT2D eigenvalue weighted by Crippen LogP contribution is -2.32. The number of benzene rings is 3. The zero-order valence-corrected chi connectivity index (χ0v) is 19.7. The van der Waals surface area contributed by atoms with Crippen molar-refractivity contribution in [2.24, 2.45) is 0 Å². The minimum Gasteiger partial charge on any atom is -0.506 e. The summed E-state index contributed by atoms with van der Waals surface area (Å²) in [6.07, 6.45) is 0.